The Morgan fingerprint density at radius 1 is 0.577 bits per heavy atom. The first-order chi connectivity index (χ1) is 25.1. The molecule has 3 nitrogen and oxygen atoms in total. The van der Waals surface area contributed by atoms with Crippen LogP contribution < -0.4 is 0 Å². The first kappa shape index (κ1) is 32.3. The summed E-state index contributed by atoms with van der Waals surface area (Å²) in [6.07, 6.45) is 0. The van der Waals surface area contributed by atoms with E-state index in [2.05, 4.69) is 180 Å². The Labute approximate surface area is 305 Å². The van der Waals surface area contributed by atoms with Gasteiger partial charge in [-0.3, -0.25) is 4.57 Å². The standard InChI is InChI=1S/C49H44N2O/c1-29(2)38-26-34(31-15-9-8-10-16-31)27-39(30(3)4)45(38)51-46-42(49(5,6)7)21-14-22-43(46)50-48(51)37-20-13-19-36-41-25-33-24-23-32-17-11-12-18-35(32)40(33)28-44(41)52-47(36)37/h8-30H,1-7H3. The summed E-state index contributed by atoms with van der Waals surface area (Å²) in [5.41, 5.74) is 12.4. The maximum absolute atomic E-state index is 6.96. The quantitative estimate of drug-likeness (QED) is 0.170. The lowest BCUT2D eigenvalue weighted by Gasteiger charge is -2.27. The van der Waals surface area contributed by atoms with E-state index in [0.717, 1.165) is 44.4 Å². The van der Waals surface area contributed by atoms with Crippen LogP contribution in [-0.4, -0.2) is 9.55 Å². The summed E-state index contributed by atoms with van der Waals surface area (Å²) in [7, 11) is 0. The number of benzene rings is 7. The fourth-order valence-electron chi connectivity index (χ4n) is 8.22. The summed E-state index contributed by atoms with van der Waals surface area (Å²) in [6.45, 7) is 16.2. The first-order valence-corrected chi connectivity index (χ1v) is 18.6. The van der Waals surface area contributed by atoms with Crippen LogP contribution in [0.1, 0.15) is 77.0 Å². The first-order valence-electron chi connectivity index (χ1n) is 18.6. The minimum atomic E-state index is -0.108. The van der Waals surface area contributed by atoms with E-state index < -0.39 is 0 Å². The lowest BCUT2D eigenvalue weighted by Crippen LogP contribution is -2.15. The molecule has 7 aromatic carbocycles. The lowest BCUT2D eigenvalue weighted by molar-refractivity contribution is 0.593. The summed E-state index contributed by atoms with van der Waals surface area (Å²) in [5, 5.41) is 7.11. The summed E-state index contributed by atoms with van der Waals surface area (Å²) in [5.74, 6) is 1.45. The van der Waals surface area contributed by atoms with Crippen LogP contribution in [0.3, 0.4) is 0 Å². The van der Waals surface area contributed by atoms with Gasteiger partial charge in [-0.05, 0) is 103 Å². The second kappa shape index (κ2) is 12.0. The highest BCUT2D eigenvalue weighted by molar-refractivity contribution is 6.17. The Balaban J connectivity index is 1.40. The van der Waals surface area contributed by atoms with Gasteiger partial charge >= 0.3 is 0 Å². The van der Waals surface area contributed by atoms with Crippen LogP contribution in [0.2, 0.25) is 0 Å². The zero-order valence-electron chi connectivity index (χ0n) is 31.1. The molecule has 3 heteroatoms. The number of hydrogen-bond acceptors (Lipinski definition) is 2. The van der Waals surface area contributed by atoms with Crippen LogP contribution in [0.4, 0.5) is 0 Å². The van der Waals surface area contributed by atoms with Gasteiger partial charge in [0.15, 0.2) is 0 Å². The Kier molecular flexibility index (Phi) is 7.41. The number of furan rings is 1. The SMILES string of the molecule is CC(C)c1cc(-c2ccccc2)cc(C(C)C)c1-n1c(-c2cccc3c2oc2cc4c(ccc5ccccc54)cc23)nc2cccc(C(C)(C)C)c21. The molecule has 0 unspecified atom stereocenters. The summed E-state index contributed by atoms with van der Waals surface area (Å²) in [4.78, 5) is 5.53. The highest BCUT2D eigenvalue weighted by Crippen LogP contribution is 2.45. The smallest absolute Gasteiger partial charge is 0.149 e. The molecule has 0 radical (unpaired) electrons. The van der Waals surface area contributed by atoms with Crippen molar-refractivity contribution >= 4 is 54.5 Å². The van der Waals surface area contributed by atoms with Crippen molar-refractivity contribution in [3.63, 3.8) is 0 Å². The fraction of sp³-hybridized carbons (Fsp3) is 0.204. The Morgan fingerprint density at radius 2 is 1.25 bits per heavy atom. The fourth-order valence-corrected chi connectivity index (χ4v) is 8.22. The van der Waals surface area contributed by atoms with E-state index in [1.165, 1.54) is 55.0 Å². The lowest BCUT2D eigenvalue weighted by atomic mass is 9.85. The zero-order valence-corrected chi connectivity index (χ0v) is 31.1. The molecule has 0 spiro atoms. The van der Waals surface area contributed by atoms with E-state index in [0.29, 0.717) is 0 Å². The Morgan fingerprint density at radius 3 is 1.98 bits per heavy atom. The van der Waals surface area contributed by atoms with Gasteiger partial charge in [0.1, 0.15) is 17.0 Å². The van der Waals surface area contributed by atoms with Gasteiger partial charge in [0.2, 0.25) is 0 Å². The van der Waals surface area contributed by atoms with Crippen molar-refractivity contribution in [1.29, 1.82) is 0 Å². The van der Waals surface area contributed by atoms with Gasteiger partial charge < -0.3 is 4.42 Å². The number of aromatic nitrogens is 2. The molecule has 0 fully saturated rings. The van der Waals surface area contributed by atoms with Gasteiger partial charge in [0.25, 0.3) is 0 Å². The number of fused-ring (bicyclic) bond motifs is 7. The molecule has 52 heavy (non-hydrogen) atoms. The molecule has 0 amide bonds. The largest absolute Gasteiger partial charge is 0.455 e. The molecule has 0 saturated heterocycles. The Hall–Kier alpha value is -5.67. The van der Waals surface area contributed by atoms with Crippen LogP contribution in [0, 0.1) is 0 Å². The van der Waals surface area contributed by atoms with Gasteiger partial charge in [-0.25, -0.2) is 4.98 Å². The molecular formula is C49H44N2O. The molecule has 0 saturated carbocycles. The monoisotopic (exact) mass is 676 g/mol. The van der Waals surface area contributed by atoms with Gasteiger partial charge in [0.05, 0.1) is 22.3 Å². The number of para-hydroxylation sites is 2. The molecular weight excluding hydrogens is 633 g/mol. The molecule has 9 aromatic rings. The van der Waals surface area contributed by atoms with Crippen molar-refractivity contribution in [3.8, 4) is 28.2 Å². The van der Waals surface area contributed by atoms with Crippen LogP contribution >= 0.6 is 0 Å². The molecule has 0 bridgehead atoms. The summed E-state index contributed by atoms with van der Waals surface area (Å²) >= 11 is 0. The summed E-state index contributed by atoms with van der Waals surface area (Å²) < 4.78 is 9.45. The van der Waals surface area contributed by atoms with Crippen molar-refractivity contribution in [2.75, 3.05) is 0 Å². The summed E-state index contributed by atoms with van der Waals surface area (Å²) in [6, 6.07) is 46.3. The molecule has 256 valence electrons. The van der Waals surface area contributed by atoms with Crippen LogP contribution in [0.15, 0.2) is 132 Å². The topological polar surface area (TPSA) is 31.0 Å². The zero-order chi connectivity index (χ0) is 35.9. The van der Waals surface area contributed by atoms with E-state index in [4.69, 9.17) is 9.40 Å². The predicted octanol–water partition coefficient (Wildman–Crippen LogP) is 14.1. The van der Waals surface area contributed by atoms with Gasteiger partial charge in [-0.2, -0.15) is 0 Å². The normalized spacial score (nSPS) is 12.5. The number of imidazole rings is 1. The molecule has 9 rings (SSSR count). The number of rotatable bonds is 5. The van der Waals surface area contributed by atoms with Crippen molar-refractivity contribution in [1.82, 2.24) is 9.55 Å². The van der Waals surface area contributed by atoms with Crippen LogP contribution in [-0.2, 0) is 5.41 Å². The maximum atomic E-state index is 6.96. The maximum Gasteiger partial charge on any atom is 0.149 e. The number of hydrogen-bond donors (Lipinski definition) is 0. The molecule has 2 heterocycles. The van der Waals surface area contributed by atoms with Crippen molar-refractivity contribution < 1.29 is 4.42 Å². The van der Waals surface area contributed by atoms with Crippen molar-refractivity contribution in [2.24, 2.45) is 0 Å². The molecule has 0 N–H and O–H groups in total. The minimum absolute atomic E-state index is 0.108. The van der Waals surface area contributed by atoms with Crippen molar-refractivity contribution in [3.05, 3.63) is 144 Å². The average molecular weight is 677 g/mol. The average Bonchev–Trinajstić information content (AvgIpc) is 3.71. The Bertz CT molecular complexity index is 2800. The third-order valence-corrected chi connectivity index (χ3v) is 10.8. The van der Waals surface area contributed by atoms with Crippen LogP contribution in [0.5, 0.6) is 0 Å². The number of nitrogens with zero attached hydrogens (tertiary/aromatic N) is 2. The second-order valence-electron chi connectivity index (χ2n) is 16.0. The van der Waals surface area contributed by atoms with E-state index in [1.807, 2.05) is 0 Å². The van der Waals surface area contributed by atoms with Crippen LogP contribution in [0.25, 0.3) is 82.7 Å². The van der Waals surface area contributed by atoms with E-state index in [9.17, 15) is 0 Å². The van der Waals surface area contributed by atoms with Gasteiger partial charge in [0, 0.05) is 10.8 Å². The van der Waals surface area contributed by atoms with Gasteiger partial charge in [-0.1, -0.05) is 139 Å². The third-order valence-electron chi connectivity index (χ3n) is 10.8. The second-order valence-corrected chi connectivity index (χ2v) is 16.0. The van der Waals surface area contributed by atoms with Gasteiger partial charge in [-0.15, -0.1) is 0 Å². The van der Waals surface area contributed by atoms with Crippen molar-refractivity contribution in [2.45, 2.75) is 65.7 Å². The molecule has 0 aliphatic heterocycles. The third kappa shape index (κ3) is 5.05. The minimum Gasteiger partial charge on any atom is -0.455 e. The molecule has 2 aromatic heterocycles. The highest BCUT2D eigenvalue weighted by atomic mass is 16.3. The molecule has 0 atom stereocenters. The van der Waals surface area contributed by atoms with E-state index in [1.54, 1.807) is 0 Å². The predicted molar refractivity (Wildman–Crippen MR) is 221 cm³/mol. The molecule has 0 aliphatic rings. The highest BCUT2D eigenvalue weighted by Gasteiger charge is 2.29. The van der Waals surface area contributed by atoms with E-state index in [-0.39, 0.29) is 17.3 Å². The van der Waals surface area contributed by atoms with E-state index >= 15 is 0 Å². The molecule has 0 aliphatic carbocycles.